The topological polar surface area (TPSA) is 94.5 Å². The fourth-order valence-corrected chi connectivity index (χ4v) is 2.37. The average molecular weight is 406 g/mol. The van der Waals surface area contributed by atoms with Gasteiger partial charge in [-0.3, -0.25) is 14.5 Å². The first-order valence-electron chi connectivity index (χ1n) is 8.29. The van der Waals surface area contributed by atoms with Crippen molar-refractivity contribution >= 4 is 23.2 Å². The maximum absolute atomic E-state index is 12.1. The highest BCUT2D eigenvalue weighted by atomic mass is 19.4. The summed E-state index contributed by atoms with van der Waals surface area (Å²) < 4.78 is 40.2. The van der Waals surface area contributed by atoms with Crippen molar-refractivity contribution in [1.29, 1.82) is 5.26 Å². The highest BCUT2D eigenvalue weighted by molar-refractivity contribution is 5.95. The van der Waals surface area contributed by atoms with Gasteiger partial charge < -0.3 is 15.4 Å². The van der Waals surface area contributed by atoms with Gasteiger partial charge in [0.2, 0.25) is 11.8 Å². The molecule has 0 aliphatic carbocycles. The summed E-state index contributed by atoms with van der Waals surface area (Å²) in [6, 6.07) is 13.2. The Balaban J connectivity index is 1.82. The van der Waals surface area contributed by atoms with Gasteiger partial charge in [-0.05, 0) is 43.4 Å². The molecule has 0 aromatic heterocycles. The Hall–Kier alpha value is -3.58. The summed E-state index contributed by atoms with van der Waals surface area (Å²) in [5.74, 6) is -1.26. The molecule has 29 heavy (non-hydrogen) atoms. The largest absolute Gasteiger partial charge is 0.573 e. The van der Waals surface area contributed by atoms with Gasteiger partial charge in [0.15, 0.2) is 0 Å². The molecule has 0 bridgehead atoms. The van der Waals surface area contributed by atoms with Crippen LogP contribution >= 0.6 is 0 Å². The highest BCUT2D eigenvalue weighted by Crippen LogP contribution is 2.23. The molecule has 0 aliphatic rings. The molecule has 2 N–H and O–H groups in total. The van der Waals surface area contributed by atoms with E-state index in [1.165, 1.54) is 17.0 Å². The smallest absolute Gasteiger partial charge is 0.406 e. The molecule has 0 aliphatic heterocycles. The average Bonchev–Trinajstić information content (AvgIpc) is 2.62. The number of amides is 2. The van der Waals surface area contributed by atoms with Gasteiger partial charge in [-0.25, -0.2) is 0 Å². The van der Waals surface area contributed by atoms with Crippen molar-refractivity contribution < 1.29 is 27.5 Å². The fourth-order valence-electron chi connectivity index (χ4n) is 2.37. The molecule has 0 fully saturated rings. The van der Waals surface area contributed by atoms with E-state index in [1.54, 1.807) is 31.3 Å². The molecule has 0 radical (unpaired) electrons. The van der Waals surface area contributed by atoms with E-state index < -0.39 is 23.9 Å². The fraction of sp³-hybridized carbons (Fsp3) is 0.211. The van der Waals surface area contributed by atoms with Gasteiger partial charge in [0.1, 0.15) is 11.8 Å². The number of anilines is 2. The number of nitrogens with zero attached hydrogens (tertiary/aromatic N) is 2. The van der Waals surface area contributed by atoms with Crippen molar-refractivity contribution in [3.63, 3.8) is 0 Å². The standard InChI is InChI=1S/C19H17F3N4O3/c1-26(12-18(28)25-16-5-3-2-4-13(16)10-23)11-17(27)24-14-6-8-15(9-7-14)29-19(20,21)22/h2-9H,11-12H2,1H3,(H,24,27)(H,25,28). The number of ether oxygens (including phenoxy) is 1. The first-order chi connectivity index (χ1) is 13.7. The number of halogens is 3. The van der Waals surface area contributed by atoms with Crippen molar-refractivity contribution in [3.05, 3.63) is 54.1 Å². The predicted molar refractivity (Wildman–Crippen MR) is 99.0 cm³/mol. The minimum Gasteiger partial charge on any atom is -0.406 e. The Morgan fingerprint density at radius 2 is 1.62 bits per heavy atom. The summed E-state index contributed by atoms with van der Waals surface area (Å²) in [6.07, 6.45) is -4.79. The number of carbonyl (C=O) groups is 2. The molecular weight excluding hydrogens is 389 g/mol. The second-order valence-corrected chi connectivity index (χ2v) is 6.00. The molecule has 152 valence electrons. The van der Waals surface area contributed by atoms with Gasteiger partial charge >= 0.3 is 6.36 Å². The molecular formula is C19H17F3N4O3. The lowest BCUT2D eigenvalue weighted by Crippen LogP contribution is -2.36. The van der Waals surface area contributed by atoms with Crippen LogP contribution in [0.25, 0.3) is 0 Å². The molecule has 7 nitrogen and oxygen atoms in total. The van der Waals surface area contributed by atoms with Crippen LogP contribution in [0.4, 0.5) is 24.5 Å². The monoisotopic (exact) mass is 406 g/mol. The van der Waals surface area contributed by atoms with Crippen molar-refractivity contribution in [1.82, 2.24) is 4.90 Å². The van der Waals surface area contributed by atoms with Crippen LogP contribution in [0, 0.1) is 11.3 Å². The summed E-state index contributed by atoms with van der Waals surface area (Å²) in [5, 5.41) is 14.1. The number of hydrogen-bond donors (Lipinski definition) is 2. The van der Waals surface area contributed by atoms with Crippen LogP contribution in [-0.4, -0.2) is 43.2 Å². The molecule has 0 saturated carbocycles. The van der Waals surface area contributed by atoms with E-state index >= 15 is 0 Å². The SMILES string of the molecule is CN(CC(=O)Nc1ccc(OC(F)(F)F)cc1)CC(=O)Nc1ccccc1C#N. The van der Waals surface area contributed by atoms with Crippen molar-refractivity contribution in [2.24, 2.45) is 0 Å². The number of rotatable bonds is 7. The molecule has 0 heterocycles. The zero-order chi connectivity index (χ0) is 21.4. The number of hydrogen-bond acceptors (Lipinski definition) is 5. The minimum atomic E-state index is -4.79. The van der Waals surface area contributed by atoms with E-state index in [0.29, 0.717) is 11.3 Å². The second kappa shape index (κ2) is 9.57. The zero-order valence-electron chi connectivity index (χ0n) is 15.3. The molecule has 0 atom stereocenters. The quantitative estimate of drug-likeness (QED) is 0.737. The third-order valence-corrected chi connectivity index (χ3v) is 3.52. The van der Waals surface area contributed by atoms with Gasteiger partial charge in [0, 0.05) is 5.69 Å². The van der Waals surface area contributed by atoms with Crippen molar-refractivity contribution in [2.75, 3.05) is 30.8 Å². The van der Waals surface area contributed by atoms with Crippen molar-refractivity contribution in [2.45, 2.75) is 6.36 Å². The maximum Gasteiger partial charge on any atom is 0.573 e. The second-order valence-electron chi connectivity index (χ2n) is 6.00. The van der Waals surface area contributed by atoms with Gasteiger partial charge in [-0.1, -0.05) is 12.1 Å². The summed E-state index contributed by atoms with van der Waals surface area (Å²) >= 11 is 0. The molecule has 0 saturated heterocycles. The Bertz CT molecular complexity index is 908. The molecule has 10 heteroatoms. The lowest BCUT2D eigenvalue weighted by molar-refractivity contribution is -0.274. The Morgan fingerprint density at radius 3 is 2.21 bits per heavy atom. The Morgan fingerprint density at radius 1 is 1.03 bits per heavy atom. The highest BCUT2D eigenvalue weighted by Gasteiger charge is 2.30. The summed E-state index contributed by atoms with van der Waals surface area (Å²) in [6.45, 7) is -0.236. The molecule has 0 unspecified atom stereocenters. The van der Waals surface area contributed by atoms with E-state index in [-0.39, 0.29) is 18.8 Å². The van der Waals surface area contributed by atoms with Crippen LogP contribution in [0.3, 0.4) is 0 Å². The number of para-hydroxylation sites is 1. The van der Waals surface area contributed by atoms with E-state index in [0.717, 1.165) is 12.1 Å². The molecule has 2 aromatic rings. The van der Waals surface area contributed by atoms with Gasteiger partial charge in [0.05, 0.1) is 24.3 Å². The number of alkyl halides is 3. The number of nitriles is 1. The van der Waals surface area contributed by atoms with Gasteiger partial charge in [0.25, 0.3) is 0 Å². The third kappa shape index (κ3) is 7.51. The first kappa shape index (κ1) is 21.7. The molecule has 2 aromatic carbocycles. The van der Waals surface area contributed by atoms with Crippen LogP contribution in [0.1, 0.15) is 5.56 Å². The normalized spacial score (nSPS) is 10.9. The van der Waals surface area contributed by atoms with Crippen LogP contribution in [0.5, 0.6) is 5.75 Å². The van der Waals surface area contributed by atoms with Crippen LogP contribution in [0.2, 0.25) is 0 Å². The third-order valence-electron chi connectivity index (χ3n) is 3.52. The predicted octanol–water partition coefficient (Wildman–Crippen LogP) is 2.97. The molecule has 2 rings (SSSR count). The molecule has 2 amide bonds. The summed E-state index contributed by atoms with van der Waals surface area (Å²) in [4.78, 5) is 25.6. The lowest BCUT2D eigenvalue weighted by atomic mass is 10.2. The Labute approximate surface area is 164 Å². The number of nitrogens with one attached hydrogen (secondary N) is 2. The summed E-state index contributed by atoms with van der Waals surface area (Å²) in [5.41, 5.74) is 0.975. The summed E-state index contributed by atoms with van der Waals surface area (Å²) in [7, 11) is 1.55. The number of likely N-dealkylation sites (N-methyl/N-ethyl adjacent to an activating group) is 1. The number of carbonyl (C=O) groups excluding carboxylic acids is 2. The van der Waals surface area contributed by atoms with E-state index in [9.17, 15) is 22.8 Å². The molecule has 0 spiro atoms. The van der Waals surface area contributed by atoms with E-state index in [2.05, 4.69) is 15.4 Å². The minimum absolute atomic E-state index is 0.106. The van der Waals surface area contributed by atoms with E-state index in [4.69, 9.17) is 5.26 Å². The van der Waals surface area contributed by atoms with Crippen LogP contribution in [-0.2, 0) is 9.59 Å². The van der Waals surface area contributed by atoms with Crippen molar-refractivity contribution in [3.8, 4) is 11.8 Å². The first-order valence-corrected chi connectivity index (χ1v) is 8.29. The van der Waals surface area contributed by atoms with Crippen LogP contribution in [0.15, 0.2) is 48.5 Å². The van der Waals surface area contributed by atoms with E-state index in [1.807, 2.05) is 6.07 Å². The zero-order valence-corrected chi connectivity index (χ0v) is 15.3. The Kier molecular flexibility index (Phi) is 7.16. The van der Waals surface area contributed by atoms with Gasteiger partial charge in [-0.2, -0.15) is 5.26 Å². The number of benzene rings is 2. The maximum atomic E-state index is 12.1. The van der Waals surface area contributed by atoms with Crippen LogP contribution < -0.4 is 15.4 Å². The van der Waals surface area contributed by atoms with Gasteiger partial charge in [-0.15, -0.1) is 13.2 Å². The lowest BCUT2D eigenvalue weighted by Gasteiger charge is -2.16.